The maximum Gasteiger partial charge on any atom is 0.266 e. The first-order chi connectivity index (χ1) is 10.6. The number of carbonyl (C=O) groups is 1. The zero-order valence-corrected chi connectivity index (χ0v) is 14.3. The Morgan fingerprint density at radius 3 is 2.45 bits per heavy atom. The molecule has 0 radical (unpaired) electrons. The molecule has 2 aromatic rings. The molecule has 0 aliphatic carbocycles. The van der Waals surface area contributed by atoms with Gasteiger partial charge < -0.3 is 0 Å². The first-order valence-electron chi connectivity index (χ1n) is 6.70. The highest BCUT2D eigenvalue weighted by Crippen LogP contribution is 2.33. The second-order valence-electron chi connectivity index (χ2n) is 4.76. The fourth-order valence-corrected chi connectivity index (χ4v) is 3.23. The highest BCUT2D eigenvalue weighted by molar-refractivity contribution is 9.10. The van der Waals surface area contributed by atoms with E-state index in [1.165, 1.54) is 11.8 Å². The highest BCUT2D eigenvalue weighted by atomic mass is 79.9. The number of nitrogens with zero attached hydrogens (tertiary/aromatic N) is 2. The van der Waals surface area contributed by atoms with Gasteiger partial charge in [-0.3, -0.25) is 9.69 Å². The van der Waals surface area contributed by atoms with Crippen molar-refractivity contribution in [2.24, 2.45) is 4.99 Å². The summed E-state index contributed by atoms with van der Waals surface area (Å²) in [5, 5.41) is 0.689. The summed E-state index contributed by atoms with van der Waals surface area (Å²) < 4.78 is 1.00. The lowest BCUT2D eigenvalue weighted by molar-refractivity contribution is -0.121. The molecule has 22 heavy (non-hydrogen) atoms. The third-order valence-electron chi connectivity index (χ3n) is 3.15. The van der Waals surface area contributed by atoms with E-state index in [0.29, 0.717) is 10.1 Å². The molecule has 0 bridgehead atoms. The lowest BCUT2D eigenvalue weighted by atomic mass is 10.2. The summed E-state index contributed by atoms with van der Waals surface area (Å²) in [6.07, 6.45) is 1.90. The smallest absolute Gasteiger partial charge is 0.266 e. The number of likely N-dealkylation sites (N-methyl/N-ethyl adjacent to an activating group) is 1. The normalized spacial score (nSPS) is 18.5. The maximum absolute atomic E-state index is 12.3. The van der Waals surface area contributed by atoms with Gasteiger partial charge in [0.25, 0.3) is 5.91 Å². The van der Waals surface area contributed by atoms with Crippen LogP contribution in [0.3, 0.4) is 0 Å². The lowest BCUT2D eigenvalue weighted by Gasteiger charge is -2.07. The molecule has 0 aromatic heterocycles. The van der Waals surface area contributed by atoms with Crippen molar-refractivity contribution in [3.05, 3.63) is 69.5 Å². The van der Waals surface area contributed by atoms with Crippen LogP contribution in [0.15, 0.2) is 69.0 Å². The summed E-state index contributed by atoms with van der Waals surface area (Å²) in [7, 11) is 1.75. The predicted molar refractivity (Wildman–Crippen MR) is 96.0 cm³/mol. The number of halogens is 1. The maximum atomic E-state index is 12.3. The van der Waals surface area contributed by atoms with Crippen LogP contribution in [-0.2, 0) is 4.79 Å². The van der Waals surface area contributed by atoms with Crippen LogP contribution in [0.25, 0.3) is 6.08 Å². The van der Waals surface area contributed by atoms with Crippen LogP contribution in [0.2, 0.25) is 0 Å². The summed E-state index contributed by atoms with van der Waals surface area (Å²) in [5.41, 5.74) is 1.84. The Morgan fingerprint density at radius 1 is 1.09 bits per heavy atom. The first-order valence-corrected chi connectivity index (χ1v) is 8.31. The molecule has 0 atom stereocenters. The van der Waals surface area contributed by atoms with Crippen LogP contribution < -0.4 is 0 Å². The number of hydrogen-bond donors (Lipinski definition) is 0. The fourth-order valence-electron chi connectivity index (χ4n) is 1.98. The van der Waals surface area contributed by atoms with Crippen LogP contribution in [0.4, 0.5) is 5.69 Å². The predicted octanol–water partition coefficient (Wildman–Crippen LogP) is 4.68. The first kappa shape index (κ1) is 15.1. The lowest BCUT2D eigenvalue weighted by Crippen LogP contribution is -2.23. The van der Waals surface area contributed by atoms with E-state index in [4.69, 9.17) is 0 Å². The molecule has 1 heterocycles. The molecule has 0 saturated carbocycles. The molecule has 0 unspecified atom stereocenters. The van der Waals surface area contributed by atoms with Crippen molar-refractivity contribution in [1.82, 2.24) is 4.90 Å². The van der Waals surface area contributed by atoms with Crippen molar-refractivity contribution in [3.63, 3.8) is 0 Å². The van der Waals surface area contributed by atoms with Gasteiger partial charge in [0.05, 0.1) is 10.6 Å². The number of aliphatic imine (C=N–C) groups is 1. The standard InChI is InChI=1S/C17H13BrN2OS/c1-20-16(21)15(11-12-5-3-2-4-6-12)22-17(20)19-14-9-7-13(18)8-10-14/h2-11H,1H3/b15-11-,19-17?. The van der Waals surface area contributed by atoms with Crippen molar-refractivity contribution in [2.45, 2.75) is 0 Å². The Balaban J connectivity index is 1.88. The number of thioether (sulfide) groups is 1. The molecule has 0 N–H and O–H groups in total. The van der Waals surface area contributed by atoms with E-state index in [9.17, 15) is 4.79 Å². The summed E-state index contributed by atoms with van der Waals surface area (Å²) in [6.45, 7) is 0. The van der Waals surface area contributed by atoms with Gasteiger partial charge in [0.15, 0.2) is 5.17 Å². The Morgan fingerprint density at radius 2 is 1.77 bits per heavy atom. The number of amides is 1. The molecule has 2 aromatic carbocycles. The molecule has 110 valence electrons. The van der Waals surface area contributed by atoms with Crippen molar-refractivity contribution >= 4 is 50.5 Å². The van der Waals surface area contributed by atoms with E-state index in [1.54, 1.807) is 11.9 Å². The van der Waals surface area contributed by atoms with Crippen LogP contribution >= 0.6 is 27.7 Å². The molecule has 1 aliphatic rings. The van der Waals surface area contributed by atoms with Gasteiger partial charge in [-0.2, -0.15) is 0 Å². The number of carbonyl (C=O) groups excluding carboxylic acids is 1. The molecule has 5 heteroatoms. The van der Waals surface area contributed by atoms with Crippen molar-refractivity contribution in [2.75, 3.05) is 7.05 Å². The van der Waals surface area contributed by atoms with Gasteiger partial charge in [-0.1, -0.05) is 46.3 Å². The van der Waals surface area contributed by atoms with Gasteiger partial charge >= 0.3 is 0 Å². The quantitative estimate of drug-likeness (QED) is 0.716. The summed E-state index contributed by atoms with van der Waals surface area (Å²) in [6, 6.07) is 17.5. The number of benzene rings is 2. The molecule has 0 spiro atoms. The van der Waals surface area contributed by atoms with E-state index < -0.39 is 0 Å². The molecule has 3 rings (SSSR count). The van der Waals surface area contributed by atoms with E-state index in [0.717, 1.165) is 15.7 Å². The second kappa shape index (κ2) is 6.50. The Kier molecular flexibility index (Phi) is 4.45. The minimum absolute atomic E-state index is 0.0234. The van der Waals surface area contributed by atoms with Gasteiger partial charge in [-0.25, -0.2) is 4.99 Å². The van der Waals surface area contributed by atoms with E-state index in [1.807, 2.05) is 60.7 Å². The molecule has 1 saturated heterocycles. The summed E-state index contributed by atoms with van der Waals surface area (Å²) >= 11 is 4.80. The van der Waals surface area contributed by atoms with Crippen LogP contribution in [-0.4, -0.2) is 23.0 Å². The van der Waals surface area contributed by atoms with Crippen molar-refractivity contribution in [1.29, 1.82) is 0 Å². The molecular formula is C17H13BrN2OS. The van der Waals surface area contributed by atoms with Gasteiger partial charge in [-0.15, -0.1) is 0 Å². The summed E-state index contributed by atoms with van der Waals surface area (Å²) in [5.74, 6) is -0.0234. The van der Waals surface area contributed by atoms with Crippen LogP contribution in [0, 0.1) is 0 Å². The van der Waals surface area contributed by atoms with Crippen molar-refractivity contribution in [3.8, 4) is 0 Å². The largest absolute Gasteiger partial charge is 0.290 e. The molecular weight excluding hydrogens is 360 g/mol. The van der Waals surface area contributed by atoms with Crippen molar-refractivity contribution < 1.29 is 4.79 Å². The topological polar surface area (TPSA) is 32.7 Å². The van der Waals surface area contributed by atoms with E-state index >= 15 is 0 Å². The average Bonchev–Trinajstić information content (AvgIpc) is 2.79. The number of amidine groups is 1. The molecule has 1 fully saturated rings. The SMILES string of the molecule is CN1C(=O)/C(=C/c2ccccc2)SC1=Nc1ccc(Br)cc1. The Hall–Kier alpha value is -1.85. The van der Waals surface area contributed by atoms with Crippen LogP contribution in [0.5, 0.6) is 0 Å². The third kappa shape index (κ3) is 3.31. The summed E-state index contributed by atoms with van der Waals surface area (Å²) in [4.78, 5) is 19.1. The van der Waals surface area contributed by atoms with Gasteiger partial charge in [0.2, 0.25) is 0 Å². The third-order valence-corrected chi connectivity index (χ3v) is 4.74. The number of hydrogen-bond acceptors (Lipinski definition) is 3. The van der Waals surface area contributed by atoms with Gasteiger partial charge in [0.1, 0.15) is 0 Å². The van der Waals surface area contributed by atoms with E-state index in [2.05, 4.69) is 20.9 Å². The minimum atomic E-state index is -0.0234. The average molecular weight is 373 g/mol. The van der Waals surface area contributed by atoms with Gasteiger partial charge in [-0.05, 0) is 47.7 Å². The Bertz CT molecular complexity index is 754. The fraction of sp³-hybridized carbons (Fsp3) is 0.0588. The molecule has 3 nitrogen and oxygen atoms in total. The second-order valence-corrected chi connectivity index (χ2v) is 6.68. The number of rotatable bonds is 2. The highest BCUT2D eigenvalue weighted by Gasteiger charge is 2.30. The molecule has 1 aliphatic heterocycles. The van der Waals surface area contributed by atoms with Gasteiger partial charge in [0, 0.05) is 11.5 Å². The van der Waals surface area contributed by atoms with Crippen LogP contribution in [0.1, 0.15) is 5.56 Å². The Labute approximate surface area is 141 Å². The monoisotopic (exact) mass is 372 g/mol. The molecule has 1 amide bonds. The minimum Gasteiger partial charge on any atom is -0.290 e. The van der Waals surface area contributed by atoms with E-state index in [-0.39, 0.29) is 5.91 Å². The zero-order valence-electron chi connectivity index (χ0n) is 11.9. The zero-order chi connectivity index (χ0) is 15.5.